The Kier molecular flexibility index (Phi) is 4.71. The van der Waals surface area contributed by atoms with Gasteiger partial charge in [-0.1, -0.05) is 11.6 Å². The normalized spacial score (nSPS) is 11.8. The minimum atomic E-state index is -0.311. The van der Waals surface area contributed by atoms with Gasteiger partial charge in [0.2, 0.25) is 0 Å². The van der Waals surface area contributed by atoms with Gasteiger partial charge in [0.05, 0.1) is 6.61 Å². The lowest BCUT2D eigenvalue weighted by molar-refractivity contribution is 0.127. The van der Waals surface area contributed by atoms with Crippen LogP contribution in [0, 0.1) is 5.82 Å². The predicted molar refractivity (Wildman–Crippen MR) is 64.2 cm³/mol. The molecule has 1 N–H and O–H groups in total. The molecular weight excluding hydrogens is 229 g/mol. The summed E-state index contributed by atoms with van der Waals surface area (Å²) in [7, 11) is 1.66. The molecule has 0 spiro atoms. The molecule has 0 aliphatic carbocycles. The Labute approximate surface area is 101 Å². The molecule has 1 aromatic carbocycles. The highest BCUT2D eigenvalue weighted by molar-refractivity contribution is 6.30. The van der Waals surface area contributed by atoms with E-state index in [1.54, 1.807) is 13.2 Å². The average molecular weight is 246 g/mol. The molecule has 0 bridgehead atoms. The van der Waals surface area contributed by atoms with E-state index in [9.17, 15) is 4.39 Å². The molecule has 0 radical (unpaired) electrons. The monoisotopic (exact) mass is 245 g/mol. The lowest BCUT2D eigenvalue weighted by Gasteiger charge is -2.25. The Morgan fingerprint density at radius 2 is 2.06 bits per heavy atom. The van der Waals surface area contributed by atoms with Crippen LogP contribution in [0.4, 0.5) is 4.39 Å². The molecule has 0 aromatic heterocycles. The molecule has 0 saturated heterocycles. The van der Waals surface area contributed by atoms with Gasteiger partial charge in [-0.2, -0.15) is 0 Å². The molecule has 4 heteroatoms. The van der Waals surface area contributed by atoms with E-state index in [1.807, 2.05) is 13.8 Å². The Bertz CT molecular complexity index is 335. The highest BCUT2D eigenvalue weighted by atomic mass is 35.5. The fourth-order valence-electron chi connectivity index (χ4n) is 1.47. The molecule has 2 nitrogen and oxygen atoms in total. The van der Waals surface area contributed by atoms with Gasteiger partial charge in [-0.25, -0.2) is 4.39 Å². The minimum Gasteiger partial charge on any atom is -0.383 e. The molecule has 90 valence electrons. The van der Waals surface area contributed by atoms with Crippen molar-refractivity contribution in [3.05, 3.63) is 34.6 Å². The summed E-state index contributed by atoms with van der Waals surface area (Å²) in [5.41, 5.74) is 0.683. The summed E-state index contributed by atoms with van der Waals surface area (Å²) in [6, 6.07) is 4.52. The number of methoxy groups -OCH3 is 1. The summed E-state index contributed by atoms with van der Waals surface area (Å²) in [4.78, 5) is 0. The van der Waals surface area contributed by atoms with Crippen molar-refractivity contribution >= 4 is 11.6 Å². The Morgan fingerprint density at radius 1 is 1.38 bits per heavy atom. The molecule has 0 atom stereocenters. The lowest BCUT2D eigenvalue weighted by Crippen LogP contribution is -2.42. The summed E-state index contributed by atoms with van der Waals surface area (Å²) >= 11 is 5.77. The number of nitrogens with one attached hydrogen (secondary N) is 1. The van der Waals surface area contributed by atoms with Crippen LogP contribution in [0.5, 0.6) is 0 Å². The molecule has 0 saturated carbocycles. The maximum atomic E-state index is 13.1. The van der Waals surface area contributed by atoms with Gasteiger partial charge in [-0.15, -0.1) is 0 Å². The van der Waals surface area contributed by atoms with Crippen molar-refractivity contribution in [1.82, 2.24) is 5.32 Å². The molecule has 0 aliphatic heterocycles. The topological polar surface area (TPSA) is 21.3 Å². The first-order valence-electron chi connectivity index (χ1n) is 5.12. The van der Waals surface area contributed by atoms with Crippen LogP contribution in [-0.4, -0.2) is 19.3 Å². The first-order chi connectivity index (χ1) is 7.43. The molecule has 1 aromatic rings. The number of ether oxygens (including phenoxy) is 1. The van der Waals surface area contributed by atoms with Gasteiger partial charge >= 0.3 is 0 Å². The van der Waals surface area contributed by atoms with E-state index in [1.165, 1.54) is 12.1 Å². The molecule has 0 fully saturated rings. The van der Waals surface area contributed by atoms with Crippen molar-refractivity contribution in [3.63, 3.8) is 0 Å². The third kappa shape index (κ3) is 4.47. The first kappa shape index (κ1) is 13.4. The largest absolute Gasteiger partial charge is 0.383 e. The average Bonchev–Trinajstić information content (AvgIpc) is 2.13. The molecule has 0 unspecified atom stereocenters. The Balaban J connectivity index is 2.60. The molecule has 0 amide bonds. The molecular formula is C12H17ClFNO. The highest BCUT2D eigenvalue weighted by Gasteiger charge is 2.16. The third-order valence-corrected chi connectivity index (χ3v) is 2.42. The smallest absolute Gasteiger partial charge is 0.125 e. The molecule has 0 heterocycles. The van der Waals surface area contributed by atoms with Gasteiger partial charge in [0, 0.05) is 24.2 Å². The standard InChI is InChI=1S/C12H17ClFNO/c1-12(2,8-16-3)15-7-9-4-10(13)6-11(14)5-9/h4-6,15H,7-8H2,1-3H3. The van der Waals surface area contributed by atoms with Crippen molar-refractivity contribution in [1.29, 1.82) is 0 Å². The Hall–Kier alpha value is -0.640. The van der Waals surface area contributed by atoms with Crippen LogP contribution in [-0.2, 0) is 11.3 Å². The van der Waals surface area contributed by atoms with E-state index in [0.717, 1.165) is 5.56 Å². The quantitative estimate of drug-likeness (QED) is 0.861. The fourth-order valence-corrected chi connectivity index (χ4v) is 1.71. The summed E-state index contributed by atoms with van der Waals surface area (Å²) in [5.74, 6) is -0.311. The summed E-state index contributed by atoms with van der Waals surface area (Å²) in [6.07, 6.45) is 0. The van der Waals surface area contributed by atoms with Gasteiger partial charge < -0.3 is 10.1 Å². The molecule has 16 heavy (non-hydrogen) atoms. The van der Waals surface area contributed by atoms with E-state index >= 15 is 0 Å². The van der Waals surface area contributed by atoms with Gasteiger partial charge in [0.15, 0.2) is 0 Å². The van der Waals surface area contributed by atoms with Crippen molar-refractivity contribution in [3.8, 4) is 0 Å². The van der Waals surface area contributed by atoms with Crippen molar-refractivity contribution in [2.75, 3.05) is 13.7 Å². The Morgan fingerprint density at radius 3 is 2.62 bits per heavy atom. The van der Waals surface area contributed by atoms with Crippen LogP contribution in [0.15, 0.2) is 18.2 Å². The second kappa shape index (κ2) is 5.62. The number of hydrogen-bond donors (Lipinski definition) is 1. The zero-order chi connectivity index (χ0) is 12.2. The second-order valence-corrected chi connectivity index (χ2v) is 4.88. The molecule has 1 rings (SSSR count). The maximum Gasteiger partial charge on any atom is 0.125 e. The fraction of sp³-hybridized carbons (Fsp3) is 0.500. The number of benzene rings is 1. The van der Waals surface area contributed by atoms with Crippen molar-refractivity contribution in [2.24, 2.45) is 0 Å². The zero-order valence-electron chi connectivity index (χ0n) is 9.81. The van der Waals surface area contributed by atoms with Crippen LogP contribution in [0.3, 0.4) is 0 Å². The van der Waals surface area contributed by atoms with E-state index in [2.05, 4.69) is 5.32 Å². The van der Waals surface area contributed by atoms with E-state index in [-0.39, 0.29) is 11.4 Å². The summed E-state index contributed by atoms with van der Waals surface area (Å²) < 4.78 is 18.1. The van der Waals surface area contributed by atoms with Gasteiger partial charge in [0.1, 0.15) is 5.82 Å². The number of rotatable bonds is 5. The lowest BCUT2D eigenvalue weighted by atomic mass is 10.1. The van der Waals surface area contributed by atoms with Gasteiger partial charge in [-0.3, -0.25) is 0 Å². The van der Waals surface area contributed by atoms with E-state index in [0.29, 0.717) is 18.2 Å². The van der Waals surface area contributed by atoms with Crippen LogP contribution in [0.25, 0.3) is 0 Å². The summed E-state index contributed by atoms with van der Waals surface area (Å²) in [5, 5.41) is 3.70. The number of halogens is 2. The van der Waals surface area contributed by atoms with Crippen molar-refractivity contribution < 1.29 is 9.13 Å². The van der Waals surface area contributed by atoms with Crippen molar-refractivity contribution in [2.45, 2.75) is 25.9 Å². The third-order valence-electron chi connectivity index (χ3n) is 2.20. The van der Waals surface area contributed by atoms with Crippen LogP contribution in [0.1, 0.15) is 19.4 Å². The second-order valence-electron chi connectivity index (χ2n) is 4.45. The first-order valence-corrected chi connectivity index (χ1v) is 5.50. The zero-order valence-corrected chi connectivity index (χ0v) is 10.6. The van der Waals surface area contributed by atoms with Crippen LogP contribution < -0.4 is 5.32 Å². The predicted octanol–water partition coefficient (Wildman–Crippen LogP) is 2.99. The SMILES string of the molecule is COCC(C)(C)NCc1cc(F)cc(Cl)c1. The van der Waals surface area contributed by atoms with E-state index in [4.69, 9.17) is 16.3 Å². The van der Waals surface area contributed by atoms with Crippen LogP contribution >= 0.6 is 11.6 Å². The van der Waals surface area contributed by atoms with E-state index < -0.39 is 0 Å². The van der Waals surface area contributed by atoms with Gasteiger partial charge in [-0.05, 0) is 37.6 Å². The number of hydrogen-bond acceptors (Lipinski definition) is 2. The minimum absolute atomic E-state index is 0.145. The van der Waals surface area contributed by atoms with Gasteiger partial charge in [0.25, 0.3) is 0 Å². The summed E-state index contributed by atoms with van der Waals surface area (Å²) in [6.45, 7) is 5.21. The van der Waals surface area contributed by atoms with Crippen LogP contribution in [0.2, 0.25) is 5.02 Å². The molecule has 0 aliphatic rings. The highest BCUT2D eigenvalue weighted by Crippen LogP contribution is 2.15. The maximum absolute atomic E-state index is 13.1.